The first kappa shape index (κ1) is 18.9. The van der Waals surface area contributed by atoms with Crippen LogP contribution in [-0.4, -0.2) is 85.2 Å². The van der Waals surface area contributed by atoms with Crippen molar-refractivity contribution in [3.05, 3.63) is 34.9 Å². The first-order valence-electron chi connectivity index (χ1n) is 8.74. The lowest BCUT2D eigenvalue weighted by molar-refractivity contribution is -0.130. The molecule has 0 radical (unpaired) electrons. The fraction of sp³-hybridized carbons (Fsp3) is 0.632. The molecule has 2 rings (SSSR count). The van der Waals surface area contributed by atoms with Crippen LogP contribution in [0.1, 0.15) is 16.7 Å². The number of rotatable bonds is 6. The number of β-amino-alcohol motifs (C(OH)–C–C–N with tert-alkyl or cyclic N) is 1. The van der Waals surface area contributed by atoms with Gasteiger partial charge in [0.25, 0.3) is 0 Å². The number of likely N-dealkylation sites (N-methyl/N-ethyl adjacent to an activating group) is 2. The Morgan fingerprint density at radius 1 is 1.25 bits per heavy atom. The summed E-state index contributed by atoms with van der Waals surface area (Å²) < 4.78 is 0. The van der Waals surface area contributed by atoms with Crippen LogP contribution in [0.4, 0.5) is 0 Å². The third-order valence-electron chi connectivity index (χ3n) is 4.82. The summed E-state index contributed by atoms with van der Waals surface area (Å²) in [6.45, 7) is 9.12. The van der Waals surface area contributed by atoms with Crippen molar-refractivity contribution in [3.63, 3.8) is 0 Å². The lowest BCUT2D eigenvalue weighted by atomic mass is 10.0. The minimum absolute atomic E-state index is 0.0566. The van der Waals surface area contributed by atoms with E-state index in [-0.39, 0.29) is 5.91 Å². The molecule has 1 aromatic carbocycles. The lowest BCUT2D eigenvalue weighted by Crippen LogP contribution is -2.49. The number of carbonyl (C=O) groups is 1. The van der Waals surface area contributed by atoms with Crippen molar-refractivity contribution in [3.8, 4) is 0 Å². The molecule has 1 amide bonds. The average molecular weight is 333 g/mol. The van der Waals surface area contributed by atoms with Crippen LogP contribution in [0.25, 0.3) is 0 Å². The Morgan fingerprint density at radius 3 is 2.58 bits per heavy atom. The molecule has 0 spiro atoms. The van der Waals surface area contributed by atoms with Crippen molar-refractivity contribution in [2.75, 3.05) is 53.4 Å². The van der Waals surface area contributed by atoms with Gasteiger partial charge >= 0.3 is 0 Å². The summed E-state index contributed by atoms with van der Waals surface area (Å²) in [7, 11) is 3.90. The molecule has 0 aromatic heterocycles. The number of aliphatic hydroxyl groups is 1. The number of nitrogens with zero attached hydrogens (tertiary/aromatic N) is 3. The second kappa shape index (κ2) is 8.60. The molecule has 1 unspecified atom stereocenters. The Balaban J connectivity index is 1.81. The molecule has 134 valence electrons. The molecule has 0 aliphatic carbocycles. The fourth-order valence-electron chi connectivity index (χ4n) is 3.09. The smallest absolute Gasteiger partial charge is 0.226 e. The van der Waals surface area contributed by atoms with Crippen molar-refractivity contribution in [1.29, 1.82) is 0 Å². The Bertz CT molecular complexity index is 554. The second-order valence-corrected chi connectivity index (χ2v) is 7.14. The summed E-state index contributed by atoms with van der Waals surface area (Å²) in [5.74, 6) is 0.0566. The Morgan fingerprint density at radius 2 is 1.92 bits per heavy atom. The number of piperazine rings is 1. The monoisotopic (exact) mass is 333 g/mol. The van der Waals surface area contributed by atoms with E-state index < -0.39 is 6.10 Å². The molecule has 1 heterocycles. The maximum Gasteiger partial charge on any atom is 0.226 e. The van der Waals surface area contributed by atoms with Crippen LogP contribution in [0.3, 0.4) is 0 Å². The number of hydrogen-bond donors (Lipinski definition) is 1. The average Bonchev–Trinajstić information content (AvgIpc) is 2.53. The summed E-state index contributed by atoms with van der Waals surface area (Å²) in [4.78, 5) is 18.7. The van der Waals surface area contributed by atoms with Gasteiger partial charge in [-0.2, -0.15) is 0 Å². The molecule has 5 heteroatoms. The summed E-state index contributed by atoms with van der Waals surface area (Å²) >= 11 is 0. The van der Waals surface area contributed by atoms with Crippen LogP contribution in [0.2, 0.25) is 0 Å². The fourth-order valence-corrected chi connectivity index (χ4v) is 3.09. The van der Waals surface area contributed by atoms with Crippen molar-refractivity contribution >= 4 is 5.91 Å². The number of hydrogen-bond acceptors (Lipinski definition) is 4. The third-order valence-corrected chi connectivity index (χ3v) is 4.82. The SMILES string of the molecule is Cc1ccc(C)c(CC(=O)N(C)CC(O)CN2CCN(C)CC2)c1. The summed E-state index contributed by atoms with van der Waals surface area (Å²) in [5, 5.41) is 10.3. The maximum atomic E-state index is 12.4. The van der Waals surface area contributed by atoms with Gasteiger partial charge in [0.2, 0.25) is 5.91 Å². The maximum absolute atomic E-state index is 12.4. The third kappa shape index (κ3) is 5.58. The molecule has 0 saturated carbocycles. The molecular formula is C19H31N3O2. The van der Waals surface area contributed by atoms with Crippen molar-refractivity contribution < 1.29 is 9.90 Å². The number of aryl methyl sites for hydroxylation is 2. The van der Waals surface area contributed by atoms with E-state index in [1.54, 1.807) is 11.9 Å². The van der Waals surface area contributed by atoms with Crippen molar-refractivity contribution in [2.45, 2.75) is 26.4 Å². The molecule has 1 fully saturated rings. The summed E-state index contributed by atoms with van der Waals surface area (Å²) in [6, 6.07) is 6.19. The molecule has 24 heavy (non-hydrogen) atoms. The lowest BCUT2D eigenvalue weighted by Gasteiger charge is -2.34. The van der Waals surface area contributed by atoms with Crippen molar-refractivity contribution in [1.82, 2.24) is 14.7 Å². The zero-order valence-corrected chi connectivity index (χ0v) is 15.5. The van der Waals surface area contributed by atoms with E-state index in [1.165, 1.54) is 5.56 Å². The van der Waals surface area contributed by atoms with E-state index >= 15 is 0 Å². The van der Waals surface area contributed by atoms with Crippen molar-refractivity contribution in [2.24, 2.45) is 0 Å². The quantitative estimate of drug-likeness (QED) is 0.841. The number of carbonyl (C=O) groups excluding carboxylic acids is 1. The van der Waals surface area contributed by atoms with Gasteiger partial charge in [-0.15, -0.1) is 0 Å². The van der Waals surface area contributed by atoms with E-state index in [4.69, 9.17) is 0 Å². The van der Waals surface area contributed by atoms with E-state index in [1.807, 2.05) is 13.8 Å². The highest BCUT2D eigenvalue weighted by Crippen LogP contribution is 2.12. The molecular weight excluding hydrogens is 302 g/mol. The number of benzene rings is 1. The van der Waals surface area contributed by atoms with Gasteiger partial charge in [0.1, 0.15) is 0 Å². The van der Waals surface area contributed by atoms with Crippen LogP contribution in [0.5, 0.6) is 0 Å². The molecule has 5 nitrogen and oxygen atoms in total. The highest BCUT2D eigenvalue weighted by molar-refractivity contribution is 5.79. The Kier molecular flexibility index (Phi) is 6.78. The standard InChI is InChI=1S/C19H31N3O2/c1-15-5-6-16(2)17(11-15)12-19(24)21(4)13-18(23)14-22-9-7-20(3)8-10-22/h5-6,11,18,23H,7-10,12-14H2,1-4H3. The molecule has 0 bridgehead atoms. The highest BCUT2D eigenvalue weighted by Gasteiger charge is 2.20. The molecule has 1 aromatic rings. The van der Waals surface area contributed by atoms with E-state index in [0.29, 0.717) is 19.5 Å². The van der Waals surface area contributed by atoms with Gasteiger partial charge in [-0.25, -0.2) is 0 Å². The minimum Gasteiger partial charge on any atom is -0.390 e. The van der Waals surface area contributed by atoms with Crippen LogP contribution < -0.4 is 0 Å². The van der Waals surface area contributed by atoms with Gasteiger partial charge in [-0.05, 0) is 32.0 Å². The van der Waals surface area contributed by atoms with Gasteiger partial charge in [-0.3, -0.25) is 9.69 Å². The second-order valence-electron chi connectivity index (χ2n) is 7.14. The number of aliphatic hydroxyl groups excluding tert-OH is 1. The molecule has 1 atom stereocenters. The van der Waals surface area contributed by atoms with Gasteiger partial charge in [-0.1, -0.05) is 23.8 Å². The van der Waals surface area contributed by atoms with Gasteiger partial charge in [0.15, 0.2) is 0 Å². The minimum atomic E-state index is -0.499. The largest absolute Gasteiger partial charge is 0.390 e. The van der Waals surface area contributed by atoms with Gasteiger partial charge in [0, 0.05) is 46.3 Å². The predicted molar refractivity (Wildman–Crippen MR) is 97.2 cm³/mol. The zero-order chi connectivity index (χ0) is 17.7. The van der Waals surface area contributed by atoms with Crippen LogP contribution in [0, 0.1) is 13.8 Å². The molecule has 1 aliphatic rings. The summed E-state index contributed by atoms with van der Waals surface area (Å²) in [5.41, 5.74) is 3.38. The van der Waals surface area contributed by atoms with E-state index in [2.05, 4.69) is 35.0 Å². The zero-order valence-electron chi connectivity index (χ0n) is 15.5. The van der Waals surface area contributed by atoms with Crippen LogP contribution in [0.15, 0.2) is 18.2 Å². The van der Waals surface area contributed by atoms with Crippen LogP contribution in [-0.2, 0) is 11.2 Å². The van der Waals surface area contributed by atoms with E-state index in [0.717, 1.165) is 37.3 Å². The van der Waals surface area contributed by atoms with Gasteiger partial charge in [0.05, 0.1) is 12.5 Å². The van der Waals surface area contributed by atoms with E-state index in [9.17, 15) is 9.90 Å². The molecule has 1 N–H and O–H groups in total. The Labute approximate surface area is 145 Å². The van der Waals surface area contributed by atoms with Crippen LogP contribution >= 0.6 is 0 Å². The first-order chi connectivity index (χ1) is 11.3. The van der Waals surface area contributed by atoms with Gasteiger partial charge < -0.3 is 14.9 Å². The number of amides is 1. The topological polar surface area (TPSA) is 47.0 Å². The normalized spacial score (nSPS) is 17.7. The Hall–Kier alpha value is -1.43. The summed E-state index contributed by atoms with van der Waals surface area (Å²) in [6.07, 6.45) is -0.105. The molecule has 1 saturated heterocycles. The highest BCUT2D eigenvalue weighted by atomic mass is 16.3. The molecule has 1 aliphatic heterocycles. The first-order valence-corrected chi connectivity index (χ1v) is 8.74. The predicted octanol–water partition coefficient (Wildman–Crippen LogP) is 0.913.